The van der Waals surface area contributed by atoms with Gasteiger partial charge in [-0.25, -0.2) is 0 Å². The smallest absolute Gasteiger partial charge is 0.147 e. The van der Waals surface area contributed by atoms with Crippen LogP contribution in [0.2, 0.25) is 0 Å². The Morgan fingerprint density at radius 3 is 1.46 bits per heavy atom. The van der Waals surface area contributed by atoms with Crippen LogP contribution in [0.1, 0.15) is 13.8 Å². The Balaban J connectivity index is 2.32. The van der Waals surface area contributed by atoms with Crippen LogP contribution in [0.25, 0.3) is 11.1 Å². The summed E-state index contributed by atoms with van der Waals surface area (Å²) in [5.74, 6) is 1.18. The van der Waals surface area contributed by atoms with E-state index in [9.17, 15) is 0 Å². The zero-order valence-corrected chi connectivity index (χ0v) is 15.3. The predicted molar refractivity (Wildman–Crippen MR) is 97.3 cm³/mol. The molecule has 0 atom stereocenters. The van der Waals surface area contributed by atoms with Crippen LogP contribution in [0.5, 0.6) is 11.5 Å². The van der Waals surface area contributed by atoms with E-state index in [1.165, 1.54) is 0 Å². The van der Waals surface area contributed by atoms with Gasteiger partial charge in [0.2, 0.25) is 0 Å². The van der Waals surface area contributed by atoms with Crippen molar-refractivity contribution in [1.82, 2.24) is 0 Å². The zero-order valence-electron chi connectivity index (χ0n) is 15.3. The Kier molecular flexibility index (Phi) is 7.35. The molecule has 0 aromatic heterocycles. The van der Waals surface area contributed by atoms with Crippen LogP contribution in [0.4, 0.5) is 11.4 Å². The summed E-state index contributed by atoms with van der Waals surface area (Å²) in [7, 11) is 3.16. The van der Waals surface area contributed by atoms with E-state index in [1.54, 1.807) is 14.2 Å². The lowest BCUT2D eigenvalue weighted by Crippen LogP contribution is -1.88. The fraction of sp³-hybridized carbons (Fsp3) is 0.333. The minimum absolute atomic E-state index is 0.455. The molecule has 0 aliphatic heterocycles. The van der Waals surface area contributed by atoms with Gasteiger partial charge in [0.25, 0.3) is 0 Å². The normalized spacial score (nSPS) is 11.1. The van der Waals surface area contributed by atoms with Crippen LogP contribution in [0.15, 0.2) is 57.2 Å². The molecule has 8 nitrogen and oxygen atoms in total. The van der Waals surface area contributed by atoms with Crippen molar-refractivity contribution in [2.45, 2.75) is 13.8 Å². The van der Waals surface area contributed by atoms with Gasteiger partial charge >= 0.3 is 0 Å². The van der Waals surface area contributed by atoms with Crippen molar-refractivity contribution in [2.75, 3.05) is 27.4 Å². The molecule has 0 amide bonds. The molecule has 0 unspecified atom stereocenters. The van der Waals surface area contributed by atoms with Crippen molar-refractivity contribution in [3.8, 4) is 22.6 Å². The molecule has 2 aromatic rings. The summed E-state index contributed by atoms with van der Waals surface area (Å²) in [5, 5.41) is 15.3. The molecule has 0 aliphatic carbocycles. The van der Waals surface area contributed by atoms with E-state index < -0.39 is 0 Å². The molecular weight excluding hydrogens is 336 g/mol. The Hall–Kier alpha value is -3.16. The first-order valence-corrected chi connectivity index (χ1v) is 8.15. The lowest BCUT2D eigenvalue weighted by molar-refractivity contribution is 0.139. The third kappa shape index (κ3) is 4.92. The van der Waals surface area contributed by atoms with Crippen LogP contribution in [-0.4, -0.2) is 27.4 Å². The minimum atomic E-state index is 0.455. The average Bonchev–Trinajstić information content (AvgIpc) is 2.68. The monoisotopic (exact) mass is 358 g/mol. The van der Waals surface area contributed by atoms with E-state index in [4.69, 9.17) is 19.1 Å². The van der Waals surface area contributed by atoms with Gasteiger partial charge in [-0.1, -0.05) is 12.1 Å². The van der Waals surface area contributed by atoms with E-state index in [0.717, 1.165) is 11.1 Å². The molecule has 2 rings (SSSR count). The molecule has 2 aromatic carbocycles. The van der Waals surface area contributed by atoms with Gasteiger partial charge in [-0.2, -0.15) is 0 Å². The van der Waals surface area contributed by atoms with Crippen molar-refractivity contribution >= 4 is 11.4 Å². The molecular formula is C18H22N4O4. The molecule has 0 spiro atoms. The van der Waals surface area contributed by atoms with E-state index in [1.807, 2.05) is 50.2 Å². The Morgan fingerprint density at radius 1 is 0.692 bits per heavy atom. The second-order valence-corrected chi connectivity index (χ2v) is 4.97. The zero-order chi connectivity index (χ0) is 18.8. The Bertz CT molecular complexity index is 712. The Labute approximate surface area is 152 Å². The van der Waals surface area contributed by atoms with Gasteiger partial charge in [-0.3, -0.25) is 0 Å². The first-order valence-electron chi connectivity index (χ1n) is 8.15. The van der Waals surface area contributed by atoms with Gasteiger partial charge in [0, 0.05) is 10.6 Å². The number of nitrogens with zero attached hydrogens (tertiary/aromatic N) is 4. The number of benzene rings is 2. The highest BCUT2D eigenvalue weighted by molar-refractivity contribution is 5.73. The van der Waals surface area contributed by atoms with Gasteiger partial charge in [0.15, 0.2) is 0 Å². The van der Waals surface area contributed by atoms with E-state index in [0.29, 0.717) is 36.1 Å². The number of hydrogen-bond acceptors (Lipinski definition) is 8. The first kappa shape index (κ1) is 19.2. The van der Waals surface area contributed by atoms with Crippen LogP contribution in [0.3, 0.4) is 0 Å². The summed E-state index contributed by atoms with van der Waals surface area (Å²) in [6.07, 6.45) is 0. The average molecular weight is 358 g/mol. The molecule has 26 heavy (non-hydrogen) atoms. The highest BCUT2D eigenvalue weighted by Gasteiger charge is 2.09. The summed E-state index contributed by atoms with van der Waals surface area (Å²) in [4.78, 5) is 9.78. The SMILES string of the molecule is CCON=Nc1ccc(-c2ccc(N=NOCC)c(OC)c2)cc1OC. The van der Waals surface area contributed by atoms with Gasteiger partial charge in [-0.05, 0) is 49.2 Å². The maximum atomic E-state index is 5.39. The number of methoxy groups -OCH3 is 2. The van der Waals surface area contributed by atoms with E-state index >= 15 is 0 Å². The van der Waals surface area contributed by atoms with Crippen molar-refractivity contribution in [3.63, 3.8) is 0 Å². The molecule has 0 fully saturated rings. The summed E-state index contributed by atoms with van der Waals surface area (Å²) in [5.41, 5.74) is 3.03. The summed E-state index contributed by atoms with van der Waals surface area (Å²) in [6.45, 7) is 4.59. The van der Waals surface area contributed by atoms with Crippen LogP contribution >= 0.6 is 0 Å². The van der Waals surface area contributed by atoms with Crippen molar-refractivity contribution < 1.29 is 19.1 Å². The van der Waals surface area contributed by atoms with E-state index in [-0.39, 0.29) is 0 Å². The van der Waals surface area contributed by atoms with Gasteiger partial charge < -0.3 is 19.1 Å². The molecule has 138 valence electrons. The third-order valence-electron chi connectivity index (χ3n) is 3.36. The van der Waals surface area contributed by atoms with Crippen LogP contribution in [0, 0.1) is 0 Å². The first-order chi connectivity index (χ1) is 12.7. The highest BCUT2D eigenvalue weighted by atomic mass is 16.6. The second-order valence-electron chi connectivity index (χ2n) is 4.97. The molecule has 0 heterocycles. The number of rotatable bonds is 9. The quantitative estimate of drug-likeness (QED) is 0.441. The summed E-state index contributed by atoms with van der Waals surface area (Å²) < 4.78 is 10.8. The minimum Gasteiger partial charge on any atom is -0.494 e. The summed E-state index contributed by atoms with van der Waals surface area (Å²) >= 11 is 0. The van der Waals surface area contributed by atoms with Gasteiger partial charge in [-0.15, -0.1) is 10.2 Å². The maximum absolute atomic E-state index is 5.39. The lowest BCUT2D eigenvalue weighted by Gasteiger charge is -2.10. The fourth-order valence-electron chi connectivity index (χ4n) is 2.14. The number of hydrogen-bond donors (Lipinski definition) is 0. The highest BCUT2D eigenvalue weighted by Crippen LogP contribution is 2.37. The van der Waals surface area contributed by atoms with Gasteiger partial charge in [0.05, 0.1) is 14.2 Å². The Morgan fingerprint density at radius 2 is 1.12 bits per heavy atom. The molecule has 0 saturated carbocycles. The summed E-state index contributed by atoms with van der Waals surface area (Å²) in [6, 6.07) is 11.2. The fourth-order valence-corrected chi connectivity index (χ4v) is 2.14. The molecule has 0 N–H and O–H groups in total. The molecule has 0 saturated heterocycles. The van der Waals surface area contributed by atoms with Crippen molar-refractivity contribution in [2.24, 2.45) is 20.8 Å². The molecule has 8 heteroatoms. The maximum Gasteiger partial charge on any atom is 0.147 e. The van der Waals surface area contributed by atoms with E-state index in [2.05, 4.69) is 20.8 Å². The second kappa shape index (κ2) is 9.97. The largest absolute Gasteiger partial charge is 0.494 e. The molecule has 0 bridgehead atoms. The predicted octanol–water partition coefficient (Wildman–Crippen LogP) is 5.44. The standard InChI is InChI=1S/C18H22N4O4/c1-5-25-21-19-15-9-7-13(11-17(15)23-3)14-8-10-16(18(12-14)24-4)20-22-26-6-2/h7-12H,5-6H2,1-4H3. The molecule has 0 radical (unpaired) electrons. The topological polar surface area (TPSA) is 86.4 Å². The lowest BCUT2D eigenvalue weighted by atomic mass is 10.0. The number of ether oxygens (including phenoxy) is 2. The van der Waals surface area contributed by atoms with Gasteiger partial charge in [0.1, 0.15) is 36.1 Å². The van der Waals surface area contributed by atoms with Crippen molar-refractivity contribution in [1.29, 1.82) is 0 Å². The molecule has 0 aliphatic rings. The van der Waals surface area contributed by atoms with Crippen LogP contribution < -0.4 is 9.47 Å². The third-order valence-corrected chi connectivity index (χ3v) is 3.36. The van der Waals surface area contributed by atoms with Crippen molar-refractivity contribution in [3.05, 3.63) is 36.4 Å². The van der Waals surface area contributed by atoms with Crippen LogP contribution in [-0.2, 0) is 9.68 Å².